The second-order valence-electron chi connectivity index (χ2n) is 3.12. The quantitative estimate of drug-likeness (QED) is 0.799. The van der Waals surface area contributed by atoms with Crippen molar-refractivity contribution in [3.8, 4) is 0 Å². The lowest BCUT2D eigenvalue weighted by Gasteiger charge is -2.22. The van der Waals surface area contributed by atoms with Gasteiger partial charge in [0.25, 0.3) is 10.1 Å². The fourth-order valence-corrected chi connectivity index (χ4v) is 2.21. The van der Waals surface area contributed by atoms with Gasteiger partial charge in [0.2, 0.25) is 0 Å². The molecule has 0 aliphatic heterocycles. The molecule has 0 saturated carbocycles. The molecule has 0 amide bonds. The van der Waals surface area contributed by atoms with Gasteiger partial charge < -0.3 is 4.90 Å². The zero-order valence-corrected chi connectivity index (χ0v) is 9.66. The smallest absolute Gasteiger partial charge is 0.296 e. The summed E-state index contributed by atoms with van der Waals surface area (Å²) in [5.41, 5.74) is 0.546. The average molecular weight is 229 g/mol. The fraction of sp³-hybridized carbons (Fsp3) is 0.400. The normalized spacial score (nSPS) is 11.4. The van der Waals surface area contributed by atoms with E-state index in [4.69, 9.17) is 4.55 Å². The summed E-state index contributed by atoms with van der Waals surface area (Å²) in [7, 11) is -4.14. The molecule has 0 bridgehead atoms. The van der Waals surface area contributed by atoms with Crippen LogP contribution in [0.2, 0.25) is 0 Å². The second-order valence-corrected chi connectivity index (χ2v) is 4.51. The third kappa shape index (κ3) is 2.70. The molecule has 5 heteroatoms. The van der Waals surface area contributed by atoms with Crippen LogP contribution in [0, 0.1) is 0 Å². The average Bonchev–Trinajstić information content (AvgIpc) is 2.19. The summed E-state index contributed by atoms with van der Waals surface area (Å²) < 4.78 is 31.3. The Morgan fingerprint density at radius 1 is 1.20 bits per heavy atom. The predicted molar refractivity (Wildman–Crippen MR) is 59.8 cm³/mol. The van der Waals surface area contributed by atoms with Gasteiger partial charge in [-0.3, -0.25) is 4.55 Å². The van der Waals surface area contributed by atoms with Crippen LogP contribution in [0.5, 0.6) is 0 Å². The molecular weight excluding hydrogens is 214 g/mol. The largest absolute Gasteiger partial charge is 0.371 e. The van der Waals surface area contributed by atoms with Crippen molar-refractivity contribution in [1.82, 2.24) is 0 Å². The highest BCUT2D eigenvalue weighted by atomic mass is 32.2. The molecule has 0 aromatic heterocycles. The summed E-state index contributed by atoms with van der Waals surface area (Å²) in [5, 5.41) is 0. The van der Waals surface area contributed by atoms with E-state index in [1.807, 2.05) is 18.7 Å². The van der Waals surface area contributed by atoms with E-state index in [1.165, 1.54) is 6.07 Å². The van der Waals surface area contributed by atoms with Crippen molar-refractivity contribution in [2.45, 2.75) is 18.7 Å². The number of hydrogen-bond acceptors (Lipinski definition) is 3. The van der Waals surface area contributed by atoms with Crippen LogP contribution in [0.15, 0.2) is 29.2 Å². The third-order valence-electron chi connectivity index (χ3n) is 2.25. The molecule has 1 rings (SSSR count). The van der Waals surface area contributed by atoms with E-state index in [-0.39, 0.29) is 4.90 Å². The second kappa shape index (κ2) is 4.63. The Labute approximate surface area is 90.3 Å². The van der Waals surface area contributed by atoms with Gasteiger partial charge in [0.05, 0.1) is 5.69 Å². The molecule has 1 N–H and O–H groups in total. The van der Waals surface area contributed by atoms with E-state index in [0.717, 1.165) is 0 Å². The first-order valence-corrected chi connectivity index (χ1v) is 6.26. The first-order chi connectivity index (χ1) is 7.00. The Morgan fingerprint density at radius 3 is 2.20 bits per heavy atom. The molecule has 0 heterocycles. The van der Waals surface area contributed by atoms with Gasteiger partial charge in [0.1, 0.15) is 4.90 Å². The highest BCUT2D eigenvalue weighted by Gasteiger charge is 2.17. The number of benzene rings is 1. The van der Waals surface area contributed by atoms with Gasteiger partial charge in [-0.2, -0.15) is 8.42 Å². The van der Waals surface area contributed by atoms with Crippen molar-refractivity contribution >= 4 is 15.8 Å². The lowest BCUT2D eigenvalue weighted by atomic mass is 10.3. The molecule has 1 aromatic rings. The monoisotopic (exact) mass is 229 g/mol. The van der Waals surface area contributed by atoms with Gasteiger partial charge in [-0.05, 0) is 26.0 Å². The molecule has 4 nitrogen and oxygen atoms in total. The summed E-state index contributed by atoms with van der Waals surface area (Å²) in [4.78, 5) is 1.84. The molecule has 0 aliphatic rings. The Bertz CT molecular complexity index is 424. The van der Waals surface area contributed by atoms with Crippen molar-refractivity contribution in [1.29, 1.82) is 0 Å². The lowest BCUT2D eigenvalue weighted by Crippen LogP contribution is -2.23. The van der Waals surface area contributed by atoms with Crippen molar-refractivity contribution < 1.29 is 13.0 Å². The van der Waals surface area contributed by atoms with Gasteiger partial charge in [-0.25, -0.2) is 0 Å². The van der Waals surface area contributed by atoms with Crippen LogP contribution in [0.3, 0.4) is 0 Å². The van der Waals surface area contributed by atoms with Crippen molar-refractivity contribution in [3.05, 3.63) is 24.3 Å². The minimum Gasteiger partial charge on any atom is -0.371 e. The Hall–Kier alpha value is -1.07. The van der Waals surface area contributed by atoms with Crippen molar-refractivity contribution in [2.75, 3.05) is 18.0 Å². The zero-order valence-electron chi connectivity index (χ0n) is 8.84. The summed E-state index contributed by atoms with van der Waals surface area (Å²) in [6.07, 6.45) is 0. The van der Waals surface area contributed by atoms with Crippen LogP contribution in [0.25, 0.3) is 0 Å². The van der Waals surface area contributed by atoms with Gasteiger partial charge in [0.15, 0.2) is 0 Å². The van der Waals surface area contributed by atoms with Crippen LogP contribution in [0.1, 0.15) is 13.8 Å². The highest BCUT2D eigenvalue weighted by Crippen LogP contribution is 2.24. The highest BCUT2D eigenvalue weighted by molar-refractivity contribution is 7.86. The summed E-state index contributed by atoms with van der Waals surface area (Å²) in [6, 6.07) is 6.44. The molecule has 0 unspecified atom stereocenters. The van der Waals surface area contributed by atoms with Gasteiger partial charge in [-0.1, -0.05) is 12.1 Å². The third-order valence-corrected chi connectivity index (χ3v) is 3.15. The molecule has 0 fully saturated rings. The molecule has 0 aliphatic carbocycles. The number of nitrogens with zero attached hydrogens (tertiary/aromatic N) is 1. The Balaban J connectivity index is 3.29. The molecule has 0 atom stereocenters. The maximum atomic E-state index is 11.1. The van der Waals surface area contributed by atoms with E-state index in [9.17, 15) is 8.42 Å². The summed E-state index contributed by atoms with van der Waals surface area (Å²) in [5.74, 6) is 0. The molecular formula is C10H15NO3S. The van der Waals surface area contributed by atoms with E-state index < -0.39 is 10.1 Å². The van der Waals surface area contributed by atoms with Crippen LogP contribution in [-0.2, 0) is 10.1 Å². The standard InChI is InChI=1S/C10H15NO3S/c1-3-11(4-2)9-7-5-6-8-10(9)15(12,13)14/h5-8H,3-4H2,1-2H3,(H,12,13,14). The SMILES string of the molecule is CCN(CC)c1ccccc1S(=O)(=O)O. The lowest BCUT2D eigenvalue weighted by molar-refractivity contribution is 0.483. The van der Waals surface area contributed by atoms with Crippen LogP contribution >= 0.6 is 0 Å². The van der Waals surface area contributed by atoms with E-state index in [2.05, 4.69) is 0 Å². The van der Waals surface area contributed by atoms with Gasteiger partial charge >= 0.3 is 0 Å². The minimum absolute atomic E-state index is 0.0336. The number of para-hydroxylation sites is 1. The van der Waals surface area contributed by atoms with Gasteiger partial charge in [-0.15, -0.1) is 0 Å². The zero-order chi connectivity index (χ0) is 11.5. The van der Waals surface area contributed by atoms with E-state index in [1.54, 1.807) is 18.2 Å². The molecule has 0 spiro atoms. The topological polar surface area (TPSA) is 57.6 Å². The number of rotatable bonds is 4. The van der Waals surface area contributed by atoms with Crippen molar-refractivity contribution in [2.24, 2.45) is 0 Å². The van der Waals surface area contributed by atoms with Crippen molar-refractivity contribution in [3.63, 3.8) is 0 Å². The first kappa shape index (κ1) is 12.0. The fourth-order valence-electron chi connectivity index (χ4n) is 1.50. The van der Waals surface area contributed by atoms with Crippen LogP contribution in [0.4, 0.5) is 5.69 Å². The Kier molecular flexibility index (Phi) is 3.71. The summed E-state index contributed by atoms with van der Waals surface area (Å²) in [6.45, 7) is 5.26. The molecule has 0 radical (unpaired) electrons. The minimum atomic E-state index is -4.14. The maximum absolute atomic E-state index is 11.1. The van der Waals surface area contributed by atoms with Crippen LogP contribution < -0.4 is 4.90 Å². The molecule has 84 valence electrons. The van der Waals surface area contributed by atoms with Gasteiger partial charge in [0, 0.05) is 13.1 Å². The summed E-state index contributed by atoms with van der Waals surface area (Å²) >= 11 is 0. The molecule has 15 heavy (non-hydrogen) atoms. The molecule has 0 saturated heterocycles. The number of anilines is 1. The van der Waals surface area contributed by atoms with E-state index >= 15 is 0 Å². The van der Waals surface area contributed by atoms with E-state index in [0.29, 0.717) is 18.8 Å². The first-order valence-electron chi connectivity index (χ1n) is 4.82. The van der Waals surface area contributed by atoms with Crippen LogP contribution in [-0.4, -0.2) is 26.1 Å². The maximum Gasteiger partial charge on any atom is 0.296 e. The predicted octanol–water partition coefficient (Wildman–Crippen LogP) is 1.78. The Morgan fingerprint density at radius 2 is 1.73 bits per heavy atom. The number of hydrogen-bond donors (Lipinski definition) is 1. The molecule has 1 aromatic carbocycles.